The molecule has 0 amide bonds. The van der Waals surface area contributed by atoms with Gasteiger partial charge in [-0.25, -0.2) is 0 Å². The van der Waals surface area contributed by atoms with E-state index in [4.69, 9.17) is 0 Å². The molecule has 2 aliphatic carbocycles. The van der Waals surface area contributed by atoms with Crippen molar-refractivity contribution in [2.45, 2.75) is 44.9 Å². The topological polar surface area (TPSA) is 0 Å². The monoisotopic (exact) mass is 372 g/mol. The highest BCUT2D eigenvalue weighted by atomic mass is 14.4. The molecule has 29 heavy (non-hydrogen) atoms. The molecule has 2 unspecified atom stereocenters. The lowest BCUT2D eigenvalue weighted by atomic mass is 9.85. The Morgan fingerprint density at radius 2 is 0.966 bits per heavy atom. The van der Waals surface area contributed by atoms with Gasteiger partial charge in [0.25, 0.3) is 0 Å². The second-order valence-corrected chi connectivity index (χ2v) is 8.43. The van der Waals surface area contributed by atoms with E-state index in [-0.39, 0.29) is 0 Å². The van der Waals surface area contributed by atoms with Crippen LogP contribution in [0.5, 0.6) is 0 Å². The Kier molecular flexibility index (Phi) is 4.50. The SMILES string of the molecule is Cc1ccc(C#Cc2ccc(C#Cc3ccc(C)cc3)c3c2C2CCC3C2)cc1. The zero-order valence-corrected chi connectivity index (χ0v) is 17.0. The van der Waals surface area contributed by atoms with E-state index >= 15 is 0 Å². The molecule has 0 radical (unpaired) electrons. The normalized spacial score (nSPS) is 18.4. The highest BCUT2D eigenvalue weighted by Gasteiger charge is 2.39. The third-order valence-corrected chi connectivity index (χ3v) is 6.32. The molecule has 0 aliphatic heterocycles. The van der Waals surface area contributed by atoms with Gasteiger partial charge in [-0.05, 0) is 92.5 Å². The molecule has 1 fully saturated rings. The number of rotatable bonds is 0. The number of hydrogen-bond acceptors (Lipinski definition) is 0. The van der Waals surface area contributed by atoms with E-state index in [2.05, 4.69) is 98.2 Å². The summed E-state index contributed by atoms with van der Waals surface area (Å²) in [4.78, 5) is 0. The van der Waals surface area contributed by atoms with Gasteiger partial charge in [0.1, 0.15) is 0 Å². The third kappa shape index (κ3) is 3.48. The van der Waals surface area contributed by atoms with E-state index in [0.29, 0.717) is 11.8 Å². The van der Waals surface area contributed by atoms with E-state index in [1.165, 1.54) is 52.6 Å². The van der Waals surface area contributed by atoms with Crippen molar-refractivity contribution in [2.75, 3.05) is 0 Å². The standard InChI is InChI=1S/C29H24/c1-20-3-7-22(8-4-20)11-13-24-15-16-25(14-12-23-9-5-21(2)6-10-23)29-27-18-17-26(19-27)28(24)29/h3-10,15-16,26-27H,17-19H2,1-2H3. The molecule has 2 aliphatic rings. The van der Waals surface area contributed by atoms with Gasteiger partial charge in [-0.1, -0.05) is 59.1 Å². The second kappa shape index (κ2) is 7.31. The first-order chi connectivity index (χ1) is 14.2. The van der Waals surface area contributed by atoms with Crippen molar-refractivity contribution in [1.29, 1.82) is 0 Å². The van der Waals surface area contributed by atoms with E-state index < -0.39 is 0 Å². The largest absolute Gasteiger partial charge is 0.0616 e. The fourth-order valence-electron chi connectivity index (χ4n) is 4.79. The molecular weight excluding hydrogens is 348 g/mol. The molecule has 0 nitrogen and oxygen atoms in total. The molecule has 0 N–H and O–H groups in total. The number of fused-ring (bicyclic) bond motifs is 5. The van der Waals surface area contributed by atoms with Crippen molar-refractivity contribution in [2.24, 2.45) is 0 Å². The Hall–Kier alpha value is -3.22. The highest BCUT2D eigenvalue weighted by Crippen LogP contribution is 2.55. The molecule has 2 bridgehead atoms. The van der Waals surface area contributed by atoms with Crippen molar-refractivity contribution in [3.05, 3.63) is 105 Å². The first kappa shape index (κ1) is 17.8. The molecule has 2 atom stereocenters. The van der Waals surface area contributed by atoms with E-state index in [0.717, 1.165) is 11.1 Å². The van der Waals surface area contributed by atoms with Gasteiger partial charge in [-0.2, -0.15) is 0 Å². The quantitative estimate of drug-likeness (QED) is 0.397. The van der Waals surface area contributed by atoms with Crippen LogP contribution in [0, 0.1) is 37.5 Å². The molecule has 0 saturated heterocycles. The molecule has 0 heteroatoms. The molecular formula is C29H24. The first-order valence-electron chi connectivity index (χ1n) is 10.5. The summed E-state index contributed by atoms with van der Waals surface area (Å²) in [5.74, 6) is 15.0. The van der Waals surface area contributed by atoms with Crippen molar-refractivity contribution < 1.29 is 0 Å². The lowest BCUT2D eigenvalue weighted by molar-refractivity contribution is 0.715. The van der Waals surface area contributed by atoms with Gasteiger partial charge >= 0.3 is 0 Å². The Bertz CT molecular complexity index is 1090. The minimum absolute atomic E-state index is 0.665. The molecule has 3 aromatic rings. The summed E-state index contributed by atoms with van der Waals surface area (Å²) in [6.07, 6.45) is 3.87. The highest BCUT2D eigenvalue weighted by molar-refractivity contribution is 5.61. The molecule has 1 saturated carbocycles. The zero-order chi connectivity index (χ0) is 19.8. The van der Waals surface area contributed by atoms with Crippen molar-refractivity contribution in [1.82, 2.24) is 0 Å². The van der Waals surface area contributed by atoms with Gasteiger partial charge in [0.2, 0.25) is 0 Å². The van der Waals surface area contributed by atoms with Crippen LogP contribution in [-0.4, -0.2) is 0 Å². The van der Waals surface area contributed by atoms with Crippen LogP contribution in [0.4, 0.5) is 0 Å². The number of benzene rings is 3. The Morgan fingerprint density at radius 1 is 0.552 bits per heavy atom. The first-order valence-corrected chi connectivity index (χ1v) is 10.5. The van der Waals surface area contributed by atoms with Gasteiger partial charge in [0.05, 0.1) is 0 Å². The average Bonchev–Trinajstić information content (AvgIpc) is 3.36. The van der Waals surface area contributed by atoms with Crippen LogP contribution in [-0.2, 0) is 0 Å². The van der Waals surface area contributed by atoms with Crippen molar-refractivity contribution in [3.63, 3.8) is 0 Å². The van der Waals surface area contributed by atoms with Gasteiger partial charge in [-0.3, -0.25) is 0 Å². The van der Waals surface area contributed by atoms with Crippen LogP contribution < -0.4 is 0 Å². The fourth-order valence-corrected chi connectivity index (χ4v) is 4.79. The lowest BCUT2D eigenvalue weighted by Crippen LogP contribution is -2.03. The molecule has 0 heterocycles. The van der Waals surface area contributed by atoms with Gasteiger partial charge in [0, 0.05) is 22.3 Å². The summed E-state index contributed by atoms with van der Waals surface area (Å²) >= 11 is 0. The predicted molar refractivity (Wildman–Crippen MR) is 120 cm³/mol. The maximum absolute atomic E-state index is 3.47. The van der Waals surface area contributed by atoms with Crippen LogP contribution in [0.2, 0.25) is 0 Å². The lowest BCUT2D eigenvalue weighted by Gasteiger charge is -2.18. The Morgan fingerprint density at radius 3 is 1.38 bits per heavy atom. The minimum Gasteiger partial charge on any atom is -0.0616 e. The average molecular weight is 373 g/mol. The van der Waals surface area contributed by atoms with Crippen LogP contribution in [0.3, 0.4) is 0 Å². The Balaban J connectivity index is 1.54. The summed E-state index contributed by atoms with van der Waals surface area (Å²) in [7, 11) is 0. The summed E-state index contributed by atoms with van der Waals surface area (Å²) < 4.78 is 0. The van der Waals surface area contributed by atoms with Crippen LogP contribution >= 0.6 is 0 Å². The number of hydrogen-bond donors (Lipinski definition) is 0. The van der Waals surface area contributed by atoms with E-state index in [1.54, 1.807) is 0 Å². The summed E-state index contributed by atoms with van der Waals surface area (Å²) in [6, 6.07) is 21.3. The Labute approximate surface area is 174 Å². The second-order valence-electron chi connectivity index (χ2n) is 8.43. The van der Waals surface area contributed by atoms with E-state index in [9.17, 15) is 0 Å². The molecule has 140 valence electrons. The van der Waals surface area contributed by atoms with Crippen molar-refractivity contribution in [3.8, 4) is 23.7 Å². The summed E-state index contributed by atoms with van der Waals surface area (Å²) in [5, 5.41) is 0. The van der Waals surface area contributed by atoms with Gasteiger partial charge in [0.15, 0.2) is 0 Å². The smallest absolute Gasteiger partial charge is 0.0287 e. The summed E-state index contributed by atoms with van der Waals surface area (Å²) in [6.45, 7) is 4.22. The van der Waals surface area contributed by atoms with Crippen LogP contribution in [0.15, 0.2) is 60.7 Å². The van der Waals surface area contributed by atoms with Crippen LogP contribution in [0.25, 0.3) is 0 Å². The fraction of sp³-hybridized carbons (Fsp3) is 0.241. The third-order valence-electron chi connectivity index (χ3n) is 6.32. The summed E-state index contributed by atoms with van der Waals surface area (Å²) in [5.41, 5.74) is 10.1. The maximum atomic E-state index is 3.47. The number of aryl methyl sites for hydroxylation is 2. The van der Waals surface area contributed by atoms with E-state index in [1.807, 2.05) is 0 Å². The molecule has 0 aromatic heterocycles. The predicted octanol–water partition coefficient (Wildman–Crippen LogP) is 6.47. The molecule has 3 aromatic carbocycles. The van der Waals surface area contributed by atoms with Gasteiger partial charge < -0.3 is 0 Å². The zero-order valence-electron chi connectivity index (χ0n) is 17.0. The molecule has 0 spiro atoms. The molecule has 5 rings (SSSR count). The van der Waals surface area contributed by atoms with Crippen LogP contribution in [0.1, 0.15) is 75.6 Å². The minimum atomic E-state index is 0.665. The van der Waals surface area contributed by atoms with Gasteiger partial charge in [-0.15, -0.1) is 0 Å². The maximum Gasteiger partial charge on any atom is 0.0287 e. The van der Waals surface area contributed by atoms with Crippen molar-refractivity contribution >= 4 is 0 Å².